The Hall–Kier alpha value is -3.02. The van der Waals surface area contributed by atoms with Crippen LogP contribution >= 0.6 is 0 Å². The number of benzene rings is 2. The topological polar surface area (TPSA) is 71.1 Å². The number of ether oxygens (including phenoxy) is 4. The van der Waals surface area contributed by atoms with Gasteiger partial charge in [-0.2, -0.15) is 0 Å². The summed E-state index contributed by atoms with van der Waals surface area (Å²) in [5.41, 5.74) is 0.342. The molecule has 0 saturated carbocycles. The zero-order valence-corrected chi connectivity index (χ0v) is 13.0. The summed E-state index contributed by atoms with van der Waals surface area (Å²) in [6, 6.07) is 11.2. The minimum absolute atomic E-state index is 0.0643. The quantitative estimate of drug-likeness (QED) is 0.624. The van der Waals surface area contributed by atoms with E-state index in [1.807, 2.05) is 0 Å². The molecule has 6 heteroatoms. The standard InChI is InChI=1S/C17H16O6/c1-20-13-10-9-12(14(21-2)15(13)22-3)17(19)23-16(18)11-7-5-4-6-8-11/h4-10H,1-3H3. The van der Waals surface area contributed by atoms with Crippen molar-refractivity contribution in [2.75, 3.05) is 21.3 Å². The molecule has 0 aliphatic carbocycles. The molecule has 2 aromatic rings. The molecule has 0 aromatic heterocycles. The van der Waals surface area contributed by atoms with Crippen molar-refractivity contribution in [3.05, 3.63) is 53.6 Å². The maximum atomic E-state index is 12.3. The van der Waals surface area contributed by atoms with Gasteiger partial charge in [0.15, 0.2) is 11.5 Å². The summed E-state index contributed by atoms with van der Waals surface area (Å²) in [6.45, 7) is 0. The van der Waals surface area contributed by atoms with E-state index in [-0.39, 0.29) is 22.6 Å². The van der Waals surface area contributed by atoms with Crippen LogP contribution in [0.15, 0.2) is 42.5 Å². The number of methoxy groups -OCH3 is 3. The third-order valence-electron chi connectivity index (χ3n) is 3.12. The lowest BCUT2D eigenvalue weighted by atomic mass is 10.1. The zero-order chi connectivity index (χ0) is 16.8. The molecule has 0 N–H and O–H groups in total. The highest BCUT2D eigenvalue weighted by Gasteiger charge is 2.23. The molecule has 0 spiro atoms. The van der Waals surface area contributed by atoms with Gasteiger partial charge in [0.1, 0.15) is 5.56 Å². The van der Waals surface area contributed by atoms with Gasteiger partial charge in [0.2, 0.25) is 5.75 Å². The Bertz CT molecular complexity index is 709. The summed E-state index contributed by atoms with van der Waals surface area (Å²) in [4.78, 5) is 24.2. The van der Waals surface area contributed by atoms with E-state index in [1.54, 1.807) is 30.3 Å². The average Bonchev–Trinajstić information content (AvgIpc) is 2.60. The van der Waals surface area contributed by atoms with E-state index in [9.17, 15) is 9.59 Å². The first-order valence-electron chi connectivity index (χ1n) is 6.72. The highest BCUT2D eigenvalue weighted by atomic mass is 16.6. The molecular formula is C17H16O6. The van der Waals surface area contributed by atoms with Gasteiger partial charge in [-0.25, -0.2) is 9.59 Å². The molecule has 2 aromatic carbocycles. The number of hydrogen-bond donors (Lipinski definition) is 0. The van der Waals surface area contributed by atoms with E-state index in [1.165, 1.54) is 33.5 Å². The molecule has 0 unspecified atom stereocenters. The first-order chi connectivity index (χ1) is 11.1. The number of carbonyl (C=O) groups is 2. The van der Waals surface area contributed by atoms with Crippen LogP contribution in [0.4, 0.5) is 0 Å². The van der Waals surface area contributed by atoms with E-state index >= 15 is 0 Å². The van der Waals surface area contributed by atoms with Crippen LogP contribution in [0.5, 0.6) is 17.2 Å². The monoisotopic (exact) mass is 316 g/mol. The Labute approximate surface area is 133 Å². The molecular weight excluding hydrogens is 300 g/mol. The molecule has 0 aliphatic rings. The summed E-state index contributed by atoms with van der Waals surface area (Å²) < 4.78 is 20.4. The van der Waals surface area contributed by atoms with Crippen LogP contribution < -0.4 is 14.2 Å². The number of rotatable bonds is 5. The fourth-order valence-electron chi connectivity index (χ4n) is 2.03. The van der Waals surface area contributed by atoms with Crippen molar-refractivity contribution in [1.29, 1.82) is 0 Å². The second-order valence-electron chi connectivity index (χ2n) is 4.42. The lowest BCUT2D eigenvalue weighted by Gasteiger charge is -2.14. The van der Waals surface area contributed by atoms with Crippen LogP contribution in [0.2, 0.25) is 0 Å². The van der Waals surface area contributed by atoms with Crippen molar-refractivity contribution in [1.82, 2.24) is 0 Å². The SMILES string of the molecule is COc1ccc(C(=O)OC(=O)c2ccccc2)c(OC)c1OC. The average molecular weight is 316 g/mol. The van der Waals surface area contributed by atoms with E-state index in [2.05, 4.69) is 0 Å². The Morgan fingerprint density at radius 2 is 1.39 bits per heavy atom. The Balaban J connectivity index is 2.31. The molecule has 23 heavy (non-hydrogen) atoms. The van der Waals surface area contributed by atoms with E-state index < -0.39 is 11.9 Å². The van der Waals surface area contributed by atoms with E-state index in [0.717, 1.165) is 0 Å². The highest BCUT2D eigenvalue weighted by molar-refractivity contribution is 6.04. The van der Waals surface area contributed by atoms with Gasteiger partial charge in [-0.1, -0.05) is 18.2 Å². The van der Waals surface area contributed by atoms with Gasteiger partial charge in [0.25, 0.3) is 0 Å². The number of hydrogen-bond acceptors (Lipinski definition) is 6. The second kappa shape index (κ2) is 7.31. The van der Waals surface area contributed by atoms with Gasteiger partial charge >= 0.3 is 11.9 Å². The third kappa shape index (κ3) is 3.42. The van der Waals surface area contributed by atoms with Gasteiger partial charge in [0, 0.05) is 0 Å². The molecule has 0 aliphatic heterocycles. The lowest BCUT2D eigenvalue weighted by molar-refractivity contribution is 0.0395. The normalized spacial score (nSPS) is 9.87. The fraction of sp³-hybridized carbons (Fsp3) is 0.176. The van der Waals surface area contributed by atoms with Gasteiger partial charge < -0.3 is 18.9 Å². The fourth-order valence-corrected chi connectivity index (χ4v) is 2.03. The minimum Gasteiger partial charge on any atom is -0.493 e. The lowest BCUT2D eigenvalue weighted by Crippen LogP contribution is -2.14. The van der Waals surface area contributed by atoms with Crippen molar-refractivity contribution < 1.29 is 28.5 Å². The maximum absolute atomic E-state index is 12.3. The van der Waals surface area contributed by atoms with Crippen molar-refractivity contribution in [2.24, 2.45) is 0 Å². The van der Waals surface area contributed by atoms with Gasteiger partial charge in [0.05, 0.1) is 26.9 Å². The first kappa shape index (κ1) is 16.4. The maximum Gasteiger partial charge on any atom is 0.349 e. The Kier molecular flexibility index (Phi) is 5.19. The molecule has 0 atom stereocenters. The molecule has 0 saturated heterocycles. The van der Waals surface area contributed by atoms with Crippen LogP contribution in [0.3, 0.4) is 0 Å². The van der Waals surface area contributed by atoms with Gasteiger partial charge in [-0.15, -0.1) is 0 Å². The van der Waals surface area contributed by atoms with Gasteiger partial charge in [-0.05, 0) is 24.3 Å². The largest absolute Gasteiger partial charge is 0.493 e. The molecule has 6 nitrogen and oxygen atoms in total. The first-order valence-corrected chi connectivity index (χ1v) is 6.72. The molecule has 0 heterocycles. The van der Waals surface area contributed by atoms with Crippen LogP contribution in [-0.2, 0) is 4.74 Å². The summed E-state index contributed by atoms with van der Waals surface area (Å²) in [6.07, 6.45) is 0. The van der Waals surface area contributed by atoms with Crippen LogP contribution in [0, 0.1) is 0 Å². The summed E-state index contributed by atoms with van der Waals surface area (Å²) in [7, 11) is 4.27. The predicted octanol–water partition coefficient (Wildman–Crippen LogP) is 2.71. The number of carbonyl (C=O) groups excluding carboxylic acids is 2. The van der Waals surface area contributed by atoms with Crippen molar-refractivity contribution in [2.45, 2.75) is 0 Å². The summed E-state index contributed by atoms with van der Waals surface area (Å²) >= 11 is 0. The third-order valence-corrected chi connectivity index (χ3v) is 3.12. The molecule has 2 rings (SSSR count). The molecule has 0 bridgehead atoms. The summed E-state index contributed by atoms with van der Waals surface area (Å²) in [5, 5.41) is 0. The van der Waals surface area contributed by atoms with Crippen molar-refractivity contribution >= 4 is 11.9 Å². The Morgan fingerprint density at radius 3 is 1.96 bits per heavy atom. The molecule has 120 valence electrons. The van der Waals surface area contributed by atoms with Gasteiger partial charge in [-0.3, -0.25) is 0 Å². The van der Waals surface area contributed by atoms with E-state index in [4.69, 9.17) is 18.9 Å². The van der Waals surface area contributed by atoms with Crippen molar-refractivity contribution in [3.8, 4) is 17.2 Å². The Morgan fingerprint density at radius 1 is 0.739 bits per heavy atom. The second-order valence-corrected chi connectivity index (χ2v) is 4.42. The smallest absolute Gasteiger partial charge is 0.349 e. The molecule has 0 amide bonds. The van der Waals surface area contributed by atoms with Crippen molar-refractivity contribution in [3.63, 3.8) is 0 Å². The minimum atomic E-state index is -0.836. The van der Waals surface area contributed by atoms with Crippen LogP contribution in [-0.4, -0.2) is 33.3 Å². The van der Waals surface area contributed by atoms with E-state index in [0.29, 0.717) is 5.75 Å². The molecule has 0 radical (unpaired) electrons. The van der Waals surface area contributed by atoms with Crippen LogP contribution in [0.1, 0.15) is 20.7 Å². The highest BCUT2D eigenvalue weighted by Crippen LogP contribution is 2.40. The number of esters is 2. The van der Waals surface area contributed by atoms with Crippen LogP contribution in [0.25, 0.3) is 0 Å². The summed E-state index contributed by atoms with van der Waals surface area (Å²) in [5.74, 6) is -0.797. The zero-order valence-electron chi connectivity index (χ0n) is 13.0. The molecule has 0 fully saturated rings. The predicted molar refractivity (Wildman–Crippen MR) is 82.3 cm³/mol.